The number of rotatable bonds is 11. The third-order valence-electron chi connectivity index (χ3n) is 5.31. The SMILES string of the molecule is CCCCCc1ccc(-c2ccc(CCc3cc(O)cc(OCOC)c3)cc2)cc1. The van der Waals surface area contributed by atoms with E-state index in [0.29, 0.717) is 5.75 Å². The Balaban J connectivity index is 1.58. The molecule has 158 valence electrons. The van der Waals surface area contributed by atoms with Crippen LogP contribution in [0.25, 0.3) is 11.1 Å². The minimum absolute atomic E-state index is 0.171. The molecule has 0 radical (unpaired) electrons. The Bertz CT molecular complexity index is 898. The van der Waals surface area contributed by atoms with Crippen molar-refractivity contribution in [2.45, 2.75) is 45.4 Å². The second-order valence-corrected chi connectivity index (χ2v) is 7.74. The van der Waals surface area contributed by atoms with Gasteiger partial charge in [0.1, 0.15) is 11.5 Å². The quantitative estimate of drug-likeness (QED) is 0.290. The largest absolute Gasteiger partial charge is 0.508 e. The molecule has 0 aliphatic heterocycles. The molecule has 0 unspecified atom stereocenters. The van der Waals surface area contributed by atoms with Crippen LogP contribution in [-0.2, 0) is 24.0 Å². The number of aryl methyl sites for hydroxylation is 3. The van der Waals surface area contributed by atoms with Crippen LogP contribution in [0.5, 0.6) is 11.5 Å². The maximum absolute atomic E-state index is 9.91. The zero-order chi connectivity index (χ0) is 21.2. The summed E-state index contributed by atoms with van der Waals surface area (Å²) in [6.45, 7) is 2.41. The van der Waals surface area contributed by atoms with E-state index in [9.17, 15) is 5.11 Å². The Morgan fingerprint density at radius 3 is 1.90 bits per heavy atom. The molecule has 1 N–H and O–H groups in total. The lowest BCUT2D eigenvalue weighted by Crippen LogP contribution is -1.99. The third-order valence-corrected chi connectivity index (χ3v) is 5.31. The number of ether oxygens (including phenoxy) is 2. The Kier molecular flexibility index (Phi) is 8.34. The molecule has 0 atom stereocenters. The highest BCUT2D eigenvalue weighted by Gasteiger charge is 2.04. The lowest BCUT2D eigenvalue weighted by Gasteiger charge is -2.09. The van der Waals surface area contributed by atoms with E-state index >= 15 is 0 Å². The van der Waals surface area contributed by atoms with Gasteiger partial charge in [0, 0.05) is 13.2 Å². The average molecular weight is 405 g/mol. The highest BCUT2D eigenvalue weighted by molar-refractivity contribution is 5.64. The molecule has 0 aliphatic carbocycles. The maximum Gasteiger partial charge on any atom is 0.188 e. The van der Waals surface area contributed by atoms with Crippen molar-refractivity contribution in [3.8, 4) is 22.6 Å². The molecule has 0 saturated carbocycles. The van der Waals surface area contributed by atoms with Gasteiger partial charge < -0.3 is 14.6 Å². The number of hydrogen-bond acceptors (Lipinski definition) is 3. The van der Waals surface area contributed by atoms with Crippen molar-refractivity contribution >= 4 is 0 Å². The Hall–Kier alpha value is -2.78. The standard InChI is InChI=1S/C27H32O3/c1-3-4-5-6-21-9-13-24(14-10-21)25-15-11-22(12-16-25)7-8-23-17-26(28)19-27(18-23)30-20-29-2/h9-19,28H,3-8,20H2,1-2H3. The zero-order valence-corrected chi connectivity index (χ0v) is 18.1. The fraction of sp³-hybridized carbons (Fsp3) is 0.333. The number of phenols is 1. The zero-order valence-electron chi connectivity index (χ0n) is 18.1. The molecule has 0 amide bonds. The second kappa shape index (κ2) is 11.4. The van der Waals surface area contributed by atoms with Gasteiger partial charge in [0.25, 0.3) is 0 Å². The van der Waals surface area contributed by atoms with E-state index in [4.69, 9.17) is 9.47 Å². The summed E-state index contributed by atoms with van der Waals surface area (Å²) in [7, 11) is 1.58. The molecule has 0 spiro atoms. The maximum atomic E-state index is 9.91. The van der Waals surface area contributed by atoms with E-state index in [1.54, 1.807) is 19.2 Å². The Morgan fingerprint density at radius 1 is 0.700 bits per heavy atom. The van der Waals surface area contributed by atoms with Crippen molar-refractivity contribution in [3.05, 3.63) is 83.4 Å². The highest BCUT2D eigenvalue weighted by atomic mass is 16.7. The minimum Gasteiger partial charge on any atom is -0.508 e. The fourth-order valence-electron chi connectivity index (χ4n) is 3.59. The predicted molar refractivity (Wildman–Crippen MR) is 123 cm³/mol. The molecule has 3 aromatic rings. The third kappa shape index (κ3) is 6.64. The molecule has 0 aromatic heterocycles. The molecule has 0 saturated heterocycles. The number of unbranched alkanes of at least 4 members (excludes halogenated alkanes) is 2. The Morgan fingerprint density at radius 2 is 1.30 bits per heavy atom. The van der Waals surface area contributed by atoms with Gasteiger partial charge in [0.2, 0.25) is 0 Å². The summed E-state index contributed by atoms with van der Waals surface area (Å²) >= 11 is 0. The van der Waals surface area contributed by atoms with Gasteiger partial charge in [0.15, 0.2) is 6.79 Å². The van der Waals surface area contributed by atoms with Crippen LogP contribution in [0.1, 0.15) is 42.9 Å². The van der Waals surface area contributed by atoms with E-state index in [1.807, 2.05) is 6.07 Å². The number of aromatic hydroxyl groups is 1. The summed E-state index contributed by atoms with van der Waals surface area (Å²) in [6.07, 6.45) is 6.74. The van der Waals surface area contributed by atoms with Crippen LogP contribution in [0.3, 0.4) is 0 Å². The number of hydrogen-bond donors (Lipinski definition) is 1. The van der Waals surface area contributed by atoms with Crippen LogP contribution in [0, 0.1) is 0 Å². The Labute approximate surface area is 180 Å². The summed E-state index contributed by atoms with van der Waals surface area (Å²) in [5.74, 6) is 0.840. The van der Waals surface area contributed by atoms with Crippen LogP contribution < -0.4 is 4.74 Å². The molecule has 0 bridgehead atoms. The molecule has 3 aromatic carbocycles. The number of benzene rings is 3. The van der Waals surface area contributed by atoms with E-state index < -0.39 is 0 Å². The second-order valence-electron chi connectivity index (χ2n) is 7.74. The van der Waals surface area contributed by atoms with E-state index in [0.717, 1.165) is 18.4 Å². The first-order valence-corrected chi connectivity index (χ1v) is 10.8. The van der Waals surface area contributed by atoms with Crippen molar-refractivity contribution in [3.63, 3.8) is 0 Å². The number of phenolic OH excluding ortho intramolecular Hbond substituents is 1. The first-order chi connectivity index (χ1) is 14.7. The molecule has 0 fully saturated rings. The van der Waals surface area contributed by atoms with E-state index in [2.05, 4.69) is 55.5 Å². The molecular weight excluding hydrogens is 372 g/mol. The van der Waals surface area contributed by atoms with Gasteiger partial charge in [-0.2, -0.15) is 0 Å². The average Bonchev–Trinajstić information content (AvgIpc) is 2.77. The fourth-order valence-corrected chi connectivity index (χ4v) is 3.59. The minimum atomic E-state index is 0.171. The molecule has 3 rings (SSSR count). The summed E-state index contributed by atoms with van der Waals surface area (Å²) in [5, 5.41) is 9.91. The van der Waals surface area contributed by atoms with Crippen LogP contribution in [0.2, 0.25) is 0 Å². The van der Waals surface area contributed by atoms with Crippen molar-refractivity contribution in [2.75, 3.05) is 13.9 Å². The molecule has 0 aliphatic rings. The summed E-state index contributed by atoms with van der Waals surface area (Å²) in [4.78, 5) is 0. The molecular formula is C27H32O3. The van der Waals surface area contributed by atoms with E-state index in [-0.39, 0.29) is 12.5 Å². The van der Waals surface area contributed by atoms with Gasteiger partial charge in [-0.1, -0.05) is 68.3 Å². The predicted octanol–water partition coefficient (Wildman–Crippen LogP) is 6.56. The highest BCUT2D eigenvalue weighted by Crippen LogP contribution is 2.24. The van der Waals surface area contributed by atoms with Crippen LogP contribution in [-0.4, -0.2) is 19.0 Å². The van der Waals surface area contributed by atoms with E-state index in [1.165, 1.54) is 47.9 Å². The molecule has 3 nitrogen and oxygen atoms in total. The van der Waals surface area contributed by atoms with Crippen molar-refractivity contribution in [1.29, 1.82) is 0 Å². The lowest BCUT2D eigenvalue weighted by molar-refractivity contribution is 0.0509. The molecule has 30 heavy (non-hydrogen) atoms. The normalized spacial score (nSPS) is 10.9. The van der Waals surface area contributed by atoms with Crippen LogP contribution in [0.4, 0.5) is 0 Å². The van der Waals surface area contributed by atoms with Crippen LogP contribution in [0.15, 0.2) is 66.7 Å². The van der Waals surface area contributed by atoms with Crippen LogP contribution >= 0.6 is 0 Å². The first kappa shape index (κ1) is 21.9. The van der Waals surface area contributed by atoms with Crippen molar-refractivity contribution in [1.82, 2.24) is 0 Å². The smallest absolute Gasteiger partial charge is 0.188 e. The topological polar surface area (TPSA) is 38.7 Å². The summed E-state index contributed by atoms with van der Waals surface area (Å²) < 4.78 is 10.4. The van der Waals surface area contributed by atoms with Gasteiger partial charge >= 0.3 is 0 Å². The van der Waals surface area contributed by atoms with Gasteiger partial charge in [0.05, 0.1) is 0 Å². The molecule has 3 heteroatoms. The van der Waals surface area contributed by atoms with Crippen molar-refractivity contribution < 1.29 is 14.6 Å². The molecule has 0 heterocycles. The van der Waals surface area contributed by atoms with Gasteiger partial charge in [-0.05, 0) is 65.6 Å². The summed E-state index contributed by atoms with van der Waals surface area (Å²) in [6, 6.07) is 23.1. The van der Waals surface area contributed by atoms with Gasteiger partial charge in [-0.3, -0.25) is 0 Å². The lowest BCUT2D eigenvalue weighted by atomic mass is 9.98. The van der Waals surface area contributed by atoms with Gasteiger partial charge in [-0.15, -0.1) is 0 Å². The monoisotopic (exact) mass is 404 g/mol. The van der Waals surface area contributed by atoms with Gasteiger partial charge in [-0.25, -0.2) is 0 Å². The number of methoxy groups -OCH3 is 1. The first-order valence-electron chi connectivity index (χ1n) is 10.8. The van der Waals surface area contributed by atoms with Crippen molar-refractivity contribution in [2.24, 2.45) is 0 Å². The summed E-state index contributed by atoms with van der Waals surface area (Å²) in [5.41, 5.74) is 6.24.